The van der Waals surface area contributed by atoms with Crippen LogP contribution in [0.15, 0.2) is 23.1 Å². The zero-order valence-corrected chi connectivity index (χ0v) is 11.2. The Hall–Kier alpha value is -1.51. The first-order valence-corrected chi connectivity index (χ1v) is 6.78. The van der Waals surface area contributed by atoms with Crippen LogP contribution in [0.5, 0.6) is 0 Å². The van der Waals surface area contributed by atoms with Gasteiger partial charge in [-0.05, 0) is 24.6 Å². The standard InChI is InChI=1S/C11H14FNO5S/c1-7-3-4-8(12)10(5-7)19(16,17)13-6-9(14)11(15)18-2/h3-5,9,13-14H,6H2,1-2H3. The highest BCUT2D eigenvalue weighted by atomic mass is 32.2. The van der Waals surface area contributed by atoms with Crippen molar-refractivity contribution in [2.24, 2.45) is 0 Å². The molecule has 0 aliphatic carbocycles. The lowest BCUT2D eigenvalue weighted by molar-refractivity contribution is -0.149. The fraction of sp³-hybridized carbons (Fsp3) is 0.364. The second-order valence-corrected chi connectivity index (χ2v) is 5.56. The molecule has 8 heteroatoms. The minimum Gasteiger partial charge on any atom is -0.467 e. The maximum Gasteiger partial charge on any atom is 0.336 e. The van der Waals surface area contributed by atoms with Gasteiger partial charge in [0.15, 0.2) is 6.10 Å². The Labute approximate surface area is 110 Å². The van der Waals surface area contributed by atoms with Crippen LogP contribution in [0.1, 0.15) is 5.56 Å². The number of aryl methyl sites for hydroxylation is 1. The number of carbonyl (C=O) groups excluding carboxylic acids is 1. The van der Waals surface area contributed by atoms with Gasteiger partial charge in [0.05, 0.1) is 7.11 Å². The van der Waals surface area contributed by atoms with Crippen LogP contribution in [0, 0.1) is 12.7 Å². The highest BCUT2D eigenvalue weighted by Crippen LogP contribution is 2.15. The summed E-state index contributed by atoms with van der Waals surface area (Å²) in [6.07, 6.45) is -1.65. The van der Waals surface area contributed by atoms with Gasteiger partial charge in [-0.3, -0.25) is 0 Å². The van der Waals surface area contributed by atoms with Crippen LogP contribution in [-0.2, 0) is 19.6 Å². The largest absolute Gasteiger partial charge is 0.467 e. The van der Waals surface area contributed by atoms with Crippen molar-refractivity contribution < 1.29 is 27.4 Å². The van der Waals surface area contributed by atoms with Crippen molar-refractivity contribution >= 4 is 16.0 Å². The van der Waals surface area contributed by atoms with E-state index in [9.17, 15) is 22.7 Å². The number of aliphatic hydroxyl groups is 1. The molecular formula is C11H14FNO5S. The number of carbonyl (C=O) groups is 1. The minimum absolute atomic E-state index is 0.537. The van der Waals surface area contributed by atoms with Gasteiger partial charge >= 0.3 is 5.97 Å². The van der Waals surface area contributed by atoms with Crippen molar-refractivity contribution in [1.29, 1.82) is 0 Å². The lowest BCUT2D eigenvalue weighted by Crippen LogP contribution is -2.37. The van der Waals surface area contributed by atoms with E-state index in [-0.39, 0.29) is 0 Å². The summed E-state index contributed by atoms with van der Waals surface area (Å²) < 4.78 is 43.2. The molecule has 0 amide bonds. The summed E-state index contributed by atoms with van der Waals surface area (Å²) in [4.78, 5) is 10.4. The number of benzene rings is 1. The maximum absolute atomic E-state index is 13.4. The summed E-state index contributed by atoms with van der Waals surface area (Å²) in [6.45, 7) is 1.02. The number of esters is 1. The number of halogens is 1. The molecule has 0 radical (unpaired) electrons. The first kappa shape index (κ1) is 15.5. The average Bonchev–Trinajstić information content (AvgIpc) is 2.37. The second-order valence-electron chi connectivity index (χ2n) is 3.82. The van der Waals surface area contributed by atoms with Gasteiger partial charge in [0.1, 0.15) is 10.7 Å². The number of hydrogen-bond acceptors (Lipinski definition) is 5. The third-order valence-electron chi connectivity index (χ3n) is 2.32. The van der Waals surface area contributed by atoms with Crippen LogP contribution in [-0.4, -0.2) is 39.3 Å². The molecule has 1 unspecified atom stereocenters. The summed E-state index contributed by atoms with van der Waals surface area (Å²) in [5, 5.41) is 9.26. The molecule has 2 N–H and O–H groups in total. The number of hydrogen-bond donors (Lipinski definition) is 2. The van der Waals surface area contributed by atoms with E-state index < -0.39 is 39.4 Å². The third kappa shape index (κ3) is 3.98. The average molecular weight is 291 g/mol. The van der Waals surface area contributed by atoms with E-state index in [0.29, 0.717) is 5.56 Å². The van der Waals surface area contributed by atoms with Gasteiger partial charge in [0, 0.05) is 6.54 Å². The molecule has 0 heterocycles. The third-order valence-corrected chi connectivity index (χ3v) is 3.75. The van der Waals surface area contributed by atoms with E-state index in [1.165, 1.54) is 6.07 Å². The Morgan fingerprint density at radius 1 is 1.53 bits per heavy atom. The number of rotatable bonds is 5. The number of methoxy groups -OCH3 is 1. The first-order valence-electron chi connectivity index (χ1n) is 5.29. The Bertz CT molecular complexity index is 572. The van der Waals surface area contributed by atoms with E-state index >= 15 is 0 Å². The Kier molecular flexibility index (Phi) is 4.98. The molecule has 6 nitrogen and oxygen atoms in total. The van der Waals surface area contributed by atoms with Crippen molar-refractivity contribution in [3.63, 3.8) is 0 Å². The lowest BCUT2D eigenvalue weighted by Gasteiger charge is -2.11. The van der Waals surface area contributed by atoms with Gasteiger partial charge in [0.25, 0.3) is 0 Å². The molecular weight excluding hydrogens is 277 g/mol. The van der Waals surface area contributed by atoms with Crippen LogP contribution in [0.25, 0.3) is 0 Å². The highest BCUT2D eigenvalue weighted by molar-refractivity contribution is 7.89. The second kappa shape index (κ2) is 6.09. The molecule has 0 spiro atoms. The minimum atomic E-state index is -4.14. The fourth-order valence-electron chi connectivity index (χ4n) is 1.30. The smallest absolute Gasteiger partial charge is 0.336 e. The fourth-order valence-corrected chi connectivity index (χ4v) is 2.50. The molecule has 19 heavy (non-hydrogen) atoms. The SMILES string of the molecule is COC(=O)C(O)CNS(=O)(=O)c1cc(C)ccc1F. The molecule has 106 valence electrons. The van der Waals surface area contributed by atoms with E-state index in [1.807, 2.05) is 4.72 Å². The van der Waals surface area contributed by atoms with Gasteiger partial charge in [-0.1, -0.05) is 6.07 Å². The van der Waals surface area contributed by atoms with Crippen molar-refractivity contribution in [3.8, 4) is 0 Å². The molecule has 0 fully saturated rings. The first-order chi connectivity index (χ1) is 8.77. The molecule has 1 rings (SSSR count). The van der Waals surface area contributed by atoms with E-state index in [1.54, 1.807) is 6.92 Å². The van der Waals surface area contributed by atoms with Crippen LogP contribution in [0.3, 0.4) is 0 Å². The number of aliphatic hydroxyl groups excluding tert-OH is 1. The molecule has 1 atom stereocenters. The van der Waals surface area contributed by atoms with E-state index in [2.05, 4.69) is 4.74 Å². The summed E-state index contributed by atoms with van der Waals surface area (Å²) in [7, 11) is -3.09. The number of ether oxygens (including phenoxy) is 1. The summed E-state index contributed by atoms with van der Waals surface area (Å²) in [5.41, 5.74) is 0.565. The van der Waals surface area contributed by atoms with Gasteiger partial charge in [-0.2, -0.15) is 0 Å². The van der Waals surface area contributed by atoms with Crippen LogP contribution in [0.2, 0.25) is 0 Å². The zero-order valence-electron chi connectivity index (χ0n) is 10.4. The topological polar surface area (TPSA) is 92.7 Å². The molecule has 0 saturated heterocycles. The summed E-state index contributed by atoms with van der Waals surface area (Å²) in [6, 6.07) is 3.61. The van der Waals surface area contributed by atoms with Gasteiger partial charge < -0.3 is 9.84 Å². The molecule has 1 aromatic carbocycles. The molecule has 0 aliphatic heterocycles. The van der Waals surface area contributed by atoms with Gasteiger partial charge in [-0.25, -0.2) is 22.3 Å². The van der Waals surface area contributed by atoms with Crippen LogP contribution >= 0.6 is 0 Å². The van der Waals surface area contributed by atoms with Crippen molar-refractivity contribution in [2.75, 3.05) is 13.7 Å². The molecule has 0 aliphatic rings. The highest BCUT2D eigenvalue weighted by Gasteiger charge is 2.23. The normalized spacial score (nSPS) is 13.1. The van der Waals surface area contributed by atoms with Gasteiger partial charge in [0.2, 0.25) is 10.0 Å². The van der Waals surface area contributed by atoms with Gasteiger partial charge in [-0.15, -0.1) is 0 Å². The van der Waals surface area contributed by atoms with Crippen molar-refractivity contribution in [1.82, 2.24) is 4.72 Å². The molecule has 0 bridgehead atoms. The Morgan fingerprint density at radius 2 is 2.16 bits per heavy atom. The Morgan fingerprint density at radius 3 is 2.74 bits per heavy atom. The maximum atomic E-state index is 13.4. The van der Waals surface area contributed by atoms with E-state index in [4.69, 9.17) is 0 Å². The molecule has 0 saturated carbocycles. The summed E-state index contributed by atoms with van der Waals surface area (Å²) >= 11 is 0. The number of nitrogens with one attached hydrogen (secondary N) is 1. The Balaban J connectivity index is 2.87. The van der Waals surface area contributed by atoms with Crippen LogP contribution in [0.4, 0.5) is 4.39 Å². The number of sulfonamides is 1. The van der Waals surface area contributed by atoms with Crippen molar-refractivity contribution in [2.45, 2.75) is 17.9 Å². The van der Waals surface area contributed by atoms with E-state index in [0.717, 1.165) is 19.2 Å². The predicted molar refractivity (Wildman–Crippen MR) is 64.3 cm³/mol. The molecule has 1 aromatic rings. The predicted octanol–water partition coefficient (Wildman–Crippen LogP) is -0.0537. The lowest BCUT2D eigenvalue weighted by atomic mass is 10.2. The quantitative estimate of drug-likeness (QED) is 0.742. The zero-order chi connectivity index (χ0) is 14.6. The monoisotopic (exact) mass is 291 g/mol. The van der Waals surface area contributed by atoms with Crippen LogP contribution < -0.4 is 4.72 Å². The van der Waals surface area contributed by atoms with Crippen molar-refractivity contribution in [3.05, 3.63) is 29.6 Å². The molecule has 0 aromatic heterocycles. The summed E-state index contributed by atoms with van der Waals surface area (Å²) in [5.74, 6) is -1.89.